The van der Waals surface area contributed by atoms with E-state index in [1.54, 1.807) is 12.1 Å². The molecule has 0 saturated heterocycles. The topological polar surface area (TPSA) is 59.8 Å². The molecule has 6 heteroatoms. The van der Waals surface area contributed by atoms with E-state index in [2.05, 4.69) is 33.9 Å². The number of carbonyl (C=O) groups is 1. The van der Waals surface area contributed by atoms with E-state index in [0.29, 0.717) is 11.8 Å². The first kappa shape index (κ1) is 19.7. The van der Waals surface area contributed by atoms with Crippen LogP contribution in [0.1, 0.15) is 69.8 Å². The van der Waals surface area contributed by atoms with Crippen molar-refractivity contribution in [3.8, 4) is 0 Å². The minimum absolute atomic E-state index is 0.0775. The number of hydrogen-bond acceptors (Lipinski definition) is 3. The molecular formula is C24H31FN4O. The molecule has 0 aliphatic heterocycles. The number of nitrogens with one attached hydrogen (secondary N) is 1. The third-order valence-electron chi connectivity index (χ3n) is 7.79. The van der Waals surface area contributed by atoms with Crippen LogP contribution in [0.3, 0.4) is 0 Å². The number of aryl methyl sites for hydroxylation is 1. The van der Waals surface area contributed by atoms with Gasteiger partial charge in [0.05, 0.1) is 17.0 Å². The van der Waals surface area contributed by atoms with Gasteiger partial charge in [0.1, 0.15) is 18.0 Å². The van der Waals surface area contributed by atoms with Crippen LogP contribution in [-0.2, 0) is 10.3 Å². The van der Waals surface area contributed by atoms with Crippen LogP contribution in [0.4, 0.5) is 4.39 Å². The number of nitrogens with zero attached hydrogens (tertiary/aromatic N) is 3. The Morgan fingerprint density at radius 1 is 1.17 bits per heavy atom. The van der Waals surface area contributed by atoms with Crippen molar-refractivity contribution < 1.29 is 9.18 Å². The maximum absolute atomic E-state index is 13.8. The average Bonchev–Trinajstić information content (AvgIpc) is 3.13. The zero-order valence-corrected chi connectivity index (χ0v) is 18.1. The van der Waals surface area contributed by atoms with E-state index in [-0.39, 0.29) is 34.6 Å². The molecule has 1 amide bonds. The summed E-state index contributed by atoms with van der Waals surface area (Å²) in [6, 6.07) is 6.42. The lowest BCUT2D eigenvalue weighted by Gasteiger charge is -2.61. The third kappa shape index (κ3) is 3.15. The molecule has 1 aromatic carbocycles. The zero-order valence-electron chi connectivity index (χ0n) is 18.1. The van der Waals surface area contributed by atoms with Gasteiger partial charge >= 0.3 is 0 Å². The van der Waals surface area contributed by atoms with Gasteiger partial charge in [-0.25, -0.2) is 14.1 Å². The number of benzene rings is 1. The Morgan fingerprint density at radius 2 is 1.83 bits per heavy atom. The van der Waals surface area contributed by atoms with E-state index >= 15 is 0 Å². The van der Waals surface area contributed by atoms with Gasteiger partial charge in [-0.1, -0.05) is 26.0 Å². The summed E-state index contributed by atoms with van der Waals surface area (Å²) in [7, 11) is 0. The third-order valence-corrected chi connectivity index (χ3v) is 7.79. The van der Waals surface area contributed by atoms with Gasteiger partial charge in [-0.05, 0) is 80.9 Å². The minimum Gasteiger partial charge on any atom is -0.349 e. The van der Waals surface area contributed by atoms with Crippen LogP contribution in [0, 0.1) is 35.9 Å². The van der Waals surface area contributed by atoms with Gasteiger partial charge in [0.15, 0.2) is 0 Å². The number of amides is 1. The fourth-order valence-corrected chi connectivity index (χ4v) is 6.92. The highest BCUT2D eigenvalue weighted by Crippen LogP contribution is 2.64. The summed E-state index contributed by atoms with van der Waals surface area (Å²) in [5, 5.41) is 8.05. The number of rotatable bonds is 5. The maximum atomic E-state index is 13.8. The van der Waals surface area contributed by atoms with Crippen LogP contribution in [0.2, 0.25) is 0 Å². The molecule has 0 radical (unpaired) electrons. The predicted octanol–water partition coefficient (Wildman–Crippen LogP) is 4.53. The normalized spacial score (nSPS) is 33.1. The first-order valence-corrected chi connectivity index (χ1v) is 11.2. The van der Waals surface area contributed by atoms with Crippen molar-refractivity contribution in [2.75, 3.05) is 0 Å². The van der Waals surface area contributed by atoms with Crippen LogP contribution in [0.15, 0.2) is 30.6 Å². The highest BCUT2D eigenvalue weighted by molar-refractivity contribution is 5.83. The molecule has 1 heterocycles. The monoisotopic (exact) mass is 410 g/mol. The fourth-order valence-electron chi connectivity index (χ4n) is 6.92. The summed E-state index contributed by atoms with van der Waals surface area (Å²) >= 11 is 0. The van der Waals surface area contributed by atoms with E-state index in [4.69, 9.17) is 0 Å². The smallest absolute Gasteiger partial charge is 0.226 e. The molecule has 4 bridgehead atoms. The molecule has 4 saturated carbocycles. The zero-order chi connectivity index (χ0) is 21.1. The number of halogens is 1. The second kappa shape index (κ2) is 6.89. The van der Waals surface area contributed by atoms with E-state index in [0.717, 1.165) is 43.5 Å². The van der Waals surface area contributed by atoms with E-state index in [1.165, 1.54) is 18.6 Å². The van der Waals surface area contributed by atoms with Gasteiger partial charge in [-0.3, -0.25) is 4.79 Å². The standard InChI is InChI=1S/C24H31FN4O/c1-15(2)21(19-4-6-20(25)7-5-19)27-22(30)23-9-17-8-18(10-23)12-24(11-17,13-23)29-14-26-16(3)28-29/h4-7,14-15,17-18,21H,8-13H2,1-3H3,(H,27,30)/t17-,18-,21-,23?,24?/m0/s1. The highest BCUT2D eigenvalue weighted by Gasteiger charge is 2.61. The second-order valence-electron chi connectivity index (χ2n) is 10.4. The quantitative estimate of drug-likeness (QED) is 0.788. The molecule has 6 rings (SSSR count). The first-order valence-electron chi connectivity index (χ1n) is 11.2. The molecule has 30 heavy (non-hydrogen) atoms. The van der Waals surface area contributed by atoms with Crippen LogP contribution < -0.4 is 5.32 Å². The first-order chi connectivity index (χ1) is 14.3. The Hall–Kier alpha value is -2.24. The molecule has 1 N–H and O–H groups in total. The van der Waals surface area contributed by atoms with Crippen molar-refractivity contribution in [2.24, 2.45) is 23.2 Å². The van der Waals surface area contributed by atoms with Crippen LogP contribution in [0.5, 0.6) is 0 Å². The molecule has 160 valence electrons. The molecule has 4 fully saturated rings. The van der Waals surface area contributed by atoms with Gasteiger partial charge in [-0.15, -0.1) is 0 Å². The van der Waals surface area contributed by atoms with Gasteiger partial charge in [0.2, 0.25) is 5.91 Å². The average molecular weight is 411 g/mol. The summed E-state index contributed by atoms with van der Waals surface area (Å²) in [6.07, 6.45) is 8.09. The Bertz CT molecular complexity index is 936. The number of aromatic nitrogens is 3. The maximum Gasteiger partial charge on any atom is 0.226 e. The Labute approximate surface area is 177 Å². The molecule has 1 aromatic heterocycles. The summed E-state index contributed by atoms with van der Waals surface area (Å²) in [5.74, 6) is 2.08. The summed E-state index contributed by atoms with van der Waals surface area (Å²) in [5.41, 5.74) is 0.550. The van der Waals surface area contributed by atoms with Crippen LogP contribution >= 0.6 is 0 Å². The molecule has 5 nitrogen and oxygen atoms in total. The van der Waals surface area contributed by atoms with Crippen molar-refractivity contribution >= 4 is 5.91 Å². The van der Waals surface area contributed by atoms with Crippen molar-refractivity contribution in [1.29, 1.82) is 0 Å². The van der Waals surface area contributed by atoms with Gasteiger partial charge in [0, 0.05) is 0 Å². The second-order valence-corrected chi connectivity index (χ2v) is 10.4. The number of hydrogen-bond donors (Lipinski definition) is 1. The SMILES string of the molecule is Cc1ncn(C23C[C@H]4C[C@@H](CC(C(=O)N[C@H](c5ccc(F)cc5)C(C)C)(C4)C2)C3)n1. The van der Waals surface area contributed by atoms with Gasteiger partial charge in [-0.2, -0.15) is 5.10 Å². The van der Waals surface area contributed by atoms with E-state index in [9.17, 15) is 9.18 Å². The molecule has 0 spiro atoms. The summed E-state index contributed by atoms with van der Waals surface area (Å²) in [6.45, 7) is 6.14. The van der Waals surface area contributed by atoms with E-state index < -0.39 is 0 Å². The van der Waals surface area contributed by atoms with Crippen LogP contribution in [0.25, 0.3) is 0 Å². The Balaban J connectivity index is 1.44. The Kier molecular flexibility index (Phi) is 4.53. The lowest BCUT2D eigenvalue weighted by molar-refractivity contribution is -0.157. The van der Waals surface area contributed by atoms with Crippen molar-refractivity contribution in [1.82, 2.24) is 20.1 Å². The van der Waals surface area contributed by atoms with Crippen LogP contribution in [-0.4, -0.2) is 20.7 Å². The lowest BCUT2D eigenvalue weighted by atomic mass is 9.46. The molecule has 2 aromatic rings. The van der Waals surface area contributed by atoms with Crippen molar-refractivity contribution in [2.45, 2.75) is 70.9 Å². The highest BCUT2D eigenvalue weighted by atomic mass is 19.1. The van der Waals surface area contributed by atoms with Gasteiger partial charge in [0.25, 0.3) is 0 Å². The summed E-state index contributed by atoms with van der Waals surface area (Å²) < 4.78 is 15.5. The lowest BCUT2D eigenvalue weighted by Crippen LogP contribution is -2.61. The van der Waals surface area contributed by atoms with Crippen molar-refractivity contribution in [3.63, 3.8) is 0 Å². The molecule has 4 aliphatic carbocycles. The van der Waals surface area contributed by atoms with Crippen molar-refractivity contribution in [3.05, 3.63) is 47.8 Å². The number of carbonyl (C=O) groups excluding carboxylic acids is 1. The van der Waals surface area contributed by atoms with Gasteiger partial charge < -0.3 is 5.32 Å². The largest absolute Gasteiger partial charge is 0.349 e. The molecule has 0 unspecified atom stereocenters. The molecule has 3 atom stereocenters. The minimum atomic E-state index is -0.336. The van der Waals surface area contributed by atoms with E-state index in [1.807, 2.05) is 13.3 Å². The molecular weight excluding hydrogens is 379 g/mol. The summed E-state index contributed by atoms with van der Waals surface area (Å²) in [4.78, 5) is 18.2. The molecule has 4 aliphatic rings. The fraction of sp³-hybridized carbons (Fsp3) is 0.625. The predicted molar refractivity (Wildman–Crippen MR) is 112 cm³/mol. The Morgan fingerprint density at radius 3 is 2.40 bits per heavy atom.